The molecule has 12 unspecified atom stereocenters. The Morgan fingerprint density at radius 3 is 1.27 bits per heavy atom. The van der Waals surface area contributed by atoms with E-state index in [1.54, 1.807) is 30.8 Å². The van der Waals surface area contributed by atoms with E-state index in [1.807, 2.05) is 6.92 Å². The van der Waals surface area contributed by atoms with Gasteiger partial charge < -0.3 is 115 Å². The molecular formula is C42H67BrClN20Na2O67PS8. The van der Waals surface area contributed by atoms with Crippen molar-refractivity contribution in [2.24, 2.45) is 0 Å². The van der Waals surface area contributed by atoms with E-state index in [0.717, 1.165) is 10.6 Å². The van der Waals surface area contributed by atoms with E-state index in [-0.39, 0.29) is 134 Å². The summed E-state index contributed by atoms with van der Waals surface area (Å²) < 4.78 is 94.1. The summed E-state index contributed by atoms with van der Waals surface area (Å²) in [6.07, 6.45) is -10.2. The Hall–Kier alpha value is -11.6. The molecule has 4 rings (SSSR count). The van der Waals surface area contributed by atoms with E-state index in [4.69, 9.17) is 31.2 Å². The van der Waals surface area contributed by atoms with Gasteiger partial charge >= 0.3 is 72.7 Å². The first-order valence-electron chi connectivity index (χ1n) is 33.7. The van der Waals surface area contributed by atoms with Gasteiger partial charge in [-0.25, -0.2) is 17.6 Å². The van der Waals surface area contributed by atoms with Crippen molar-refractivity contribution in [3.63, 3.8) is 0 Å². The molecule has 100 heteroatoms. The first kappa shape index (κ1) is 148. The fraction of sp³-hybridized carbons (Fsp3) is 0.857. The molecule has 3 aliphatic heterocycles. The zero-order valence-corrected chi connectivity index (χ0v) is 84.8. The number of ether oxygens (including phenoxy) is 1. The number of thiazole rings is 1. The zero-order chi connectivity index (χ0) is 110. The minimum absolute atomic E-state index is 0. The molecule has 0 saturated carbocycles. The van der Waals surface area contributed by atoms with E-state index >= 15 is 0 Å². The summed E-state index contributed by atoms with van der Waals surface area (Å²) in [5.41, 5.74) is 2.64. The number of halogens is 2. The molecule has 12 atom stereocenters. The molecule has 0 N–H and O–H groups in total. The third-order valence-corrected chi connectivity index (χ3v) is 21.5. The molecule has 0 bridgehead atoms. The normalized spacial score (nSPS) is 15.7. The summed E-state index contributed by atoms with van der Waals surface area (Å²) in [4.78, 5) is 248. The van der Waals surface area contributed by atoms with E-state index in [2.05, 4.69) is 147 Å². The van der Waals surface area contributed by atoms with E-state index in [0.29, 0.717) is 18.2 Å². The molecule has 1 aromatic rings. The van der Waals surface area contributed by atoms with Crippen LogP contribution >= 0.6 is 58.2 Å². The second-order valence-corrected chi connectivity index (χ2v) is 35.3. The molecule has 0 spiro atoms. The number of alkyl halides is 2. The molecule has 806 valence electrons. The number of aromatic nitrogens is 1. The average Bonchev–Trinajstić information content (AvgIpc) is 1.63. The summed E-state index contributed by atoms with van der Waals surface area (Å²) in [6.45, 7) is 0.550. The number of nitrogens with zero attached hydrogens (tertiary/aromatic N) is 20. The first-order valence-corrected chi connectivity index (χ1v) is 47.0. The second kappa shape index (κ2) is 87.2. The molecule has 0 aromatic carbocycles. The van der Waals surface area contributed by atoms with Crippen LogP contribution in [0.15, 0.2) is 5.51 Å². The van der Waals surface area contributed by atoms with Gasteiger partial charge in [0.2, 0.25) is 0 Å². The van der Waals surface area contributed by atoms with Crippen LogP contribution in [0, 0.1) is 201 Å². The molecule has 3 fully saturated rings. The van der Waals surface area contributed by atoms with Gasteiger partial charge in [0, 0.05) is 44.8 Å². The van der Waals surface area contributed by atoms with E-state index in [9.17, 15) is 213 Å². The largest absolute Gasteiger partial charge is 1.00 e. The van der Waals surface area contributed by atoms with Crippen LogP contribution in [0.5, 0.6) is 0 Å². The molecule has 0 aliphatic carbocycles. The Morgan fingerprint density at radius 1 is 0.549 bits per heavy atom. The number of hydrogen-bond donors (Lipinski definition) is 0. The molecule has 4 heterocycles. The second-order valence-electron chi connectivity index (χ2n) is 21.4. The molecule has 0 radical (unpaired) electrons. The topological polar surface area (TPSA) is 1180 Å². The summed E-state index contributed by atoms with van der Waals surface area (Å²) in [5.74, 6) is -2.49. The molecule has 142 heavy (non-hydrogen) atoms. The Balaban J connectivity index is -0.000000196. The molecule has 1 aromatic heterocycles. The predicted octanol–water partition coefficient (Wildman–Crippen LogP) is -10.3. The summed E-state index contributed by atoms with van der Waals surface area (Å²) >= 11 is 17.0. The van der Waals surface area contributed by atoms with Crippen LogP contribution < -0.4 is 69.6 Å². The molecule has 0 amide bonds. The quantitative estimate of drug-likeness (QED) is 0.00672. The van der Waals surface area contributed by atoms with Crippen LogP contribution in [0.3, 0.4) is 0 Å². The van der Waals surface area contributed by atoms with Crippen LogP contribution in [0.1, 0.15) is 37.3 Å². The molecule has 3 saturated heterocycles. The van der Waals surface area contributed by atoms with Gasteiger partial charge in [-0.1, -0.05) is 15.9 Å². The van der Waals surface area contributed by atoms with Gasteiger partial charge in [0.1, 0.15) is 137 Å². The van der Waals surface area contributed by atoms with Crippen LogP contribution in [-0.4, -0.2) is 305 Å². The number of thiocyanates is 1. The monoisotopic (exact) mass is 2370 g/mol. The van der Waals surface area contributed by atoms with Crippen LogP contribution in [0.2, 0.25) is 0 Å². The molecule has 87 nitrogen and oxygen atoms in total. The maximum absolute atomic E-state index is 12.1. The maximum Gasteiger partial charge on any atom is 1.00 e. The van der Waals surface area contributed by atoms with Crippen LogP contribution in [-0.2, 0) is 190 Å². The van der Waals surface area contributed by atoms with Crippen LogP contribution in [0.25, 0.3) is 0 Å². The van der Waals surface area contributed by atoms with Crippen LogP contribution in [0.4, 0.5) is 0 Å². The summed E-state index contributed by atoms with van der Waals surface area (Å²) in [7, 11) is -14.3. The number of nitriles is 2. The summed E-state index contributed by atoms with van der Waals surface area (Å²) in [5, 5.41) is 185. The maximum atomic E-state index is 12.1. The Kier molecular flexibility index (Phi) is 90.9. The third kappa shape index (κ3) is 104. The van der Waals surface area contributed by atoms with Gasteiger partial charge in [-0.15, -0.1) is 195 Å². The Bertz CT molecular complexity index is 4460. The standard InChI is InChI=1S/C7H15N2O9P.C6H8N2O3S.C4H5N3O6S.C4H5N3O6.C4H5NO5.C3H5BrN2O6.C3H5ClN2O6.C3H6N2O9S2.C3H5NO6S.C3H5NO5S.C2H5NO6S2.2Na/c1-3-16-19(14,17-4-2)6-7(18-9(12)13)5-15-8(10)11;1-5-6(12-4-7-5)2-3-11-8(9)10;5-3-14-2-4(13-7(10)11)1-12-6(8)9;5-2-1-4(13-7(10)11)3-12-6(8)9;6-4-1-3(2-9-4)10-5(7)8;2*4-1-3(12-6(9)10)2-11-5(7)8;6-4(7)12-1-3(13-5(8)9)2-16(11,15)14-10;5-4(6)10-3-1-9-11(7,8)2-3;5-4(6)9-3-1-8-10(7)2-3;4-3(5)8-1-2-11(7,10)9-6;;/h7H,3-6H2,1-2H3;4H,2-3H2,1H3;4H,1-2H2;4H,1,3H2;3H,1-2H2;2*3H,1-2H2;3,10H,1-2H2;3H,1-2H2;3H,1-2H2;6H,1-2H2;;/q;;;;;;;;;;;2*+1/p-2. The number of cyclic esters (lactones) is 1. The van der Waals surface area contributed by atoms with Crippen molar-refractivity contribution in [1.82, 2.24) is 4.98 Å². The van der Waals surface area contributed by atoms with Gasteiger partial charge in [0.15, 0.2) is 17.2 Å². The fourth-order valence-electron chi connectivity index (χ4n) is 6.51. The summed E-state index contributed by atoms with van der Waals surface area (Å²) in [6, 6.07) is 1.56. The number of esters is 1. The predicted molar refractivity (Wildman–Crippen MR) is 427 cm³/mol. The third-order valence-electron chi connectivity index (χ3n) is 11.2. The number of rotatable bonds is 59. The number of hydrogen-bond acceptors (Lipinski definition) is 74. The van der Waals surface area contributed by atoms with Gasteiger partial charge in [-0.3, -0.25) is 17.7 Å². The van der Waals surface area contributed by atoms with Gasteiger partial charge in [0.25, 0.3) is 96.6 Å². The van der Waals surface area contributed by atoms with Crippen molar-refractivity contribution in [3.8, 4) is 11.5 Å². The number of carbonyl (C=O) groups excluding carboxylic acids is 1. The van der Waals surface area contributed by atoms with Crippen molar-refractivity contribution in [2.45, 2.75) is 95.0 Å². The van der Waals surface area contributed by atoms with E-state index < -0.39 is 263 Å². The van der Waals surface area contributed by atoms with Gasteiger partial charge in [0.05, 0.1) is 85.8 Å². The first-order chi connectivity index (χ1) is 64.9. The number of aryl methyl sites for hydroxylation is 1. The number of carbonyl (C=O) groups is 1. The minimum atomic E-state index is -3.77. The average molecular weight is 2370 g/mol. The number of thioether (sulfide) groups is 1. The Morgan fingerprint density at radius 2 is 0.923 bits per heavy atom. The van der Waals surface area contributed by atoms with Crippen molar-refractivity contribution in [2.75, 3.05) is 132 Å². The van der Waals surface area contributed by atoms with Crippen molar-refractivity contribution < 1.29 is 300 Å². The van der Waals surface area contributed by atoms with Gasteiger partial charge in [-0.05, 0) is 32.5 Å². The van der Waals surface area contributed by atoms with Crippen molar-refractivity contribution >= 4 is 125 Å². The fourth-order valence-corrected chi connectivity index (χ4v) is 13.5. The smallest absolute Gasteiger partial charge is 0.709 e. The molecule has 3 aliphatic rings. The zero-order valence-electron chi connectivity index (χ0n) is 71.0. The van der Waals surface area contributed by atoms with Crippen molar-refractivity contribution in [3.05, 3.63) is 188 Å². The van der Waals surface area contributed by atoms with Gasteiger partial charge in [-0.2, -0.15) is 18.9 Å². The SMILES string of the molecule is CCOP(=O)(CC(CO[N+](=O)[O-])O[N+](=O)[O-])OCC.Cc1ncsc1CCO[N+](=O)[O-].N#CCC(CO[N+](=O)[O-])O[N+](=O)[O-].N#CSCC(CO[N+](=O)[O-])O[N+](=O)[O-].O=C1CC(O[N+](=O)[O-])CO1.O=[N+]([O-])OC1COS(=O)(=O)C1.O=[N+]([O-])OC1COS(=O)C1.O=[N+]([O-])OCC(CBr)O[N+](=O)[O-].O=[N+]([O-])OCC(CCl)O[N+](=O)[O-].O=[N+]([O-])OCC(CS(=O)(=S)O[O-])O[N+](=O)[O-].O=[N+]([O-])OCCS(=O)(=S)O[O-].[Na+].[Na+]. The molecular weight excluding hydrogens is 2310 g/mol. The minimum Gasteiger partial charge on any atom is -0.709 e. The Labute approximate surface area is 860 Å². The van der Waals surface area contributed by atoms with Crippen molar-refractivity contribution in [1.29, 1.82) is 10.5 Å². The van der Waals surface area contributed by atoms with E-state index in [1.165, 1.54) is 11.3 Å².